The number of hydrogen-bond acceptors (Lipinski definition) is 2. The van der Waals surface area contributed by atoms with Crippen LogP contribution in [-0.4, -0.2) is 23.5 Å². The minimum absolute atomic E-state index is 0.0272. The molecule has 4 nitrogen and oxygen atoms in total. The van der Waals surface area contributed by atoms with Gasteiger partial charge in [0.1, 0.15) is 0 Å². The third kappa shape index (κ3) is 2.72. The number of aliphatic carboxylic acids is 1. The van der Waals surface area contributed by atoms with Crippen molar-refractivity contribution in [2.75, 3.05) is 6.54 Å². The SMILES string of the molecule is CC(CCC(=O)O)C1CCNC1=O. The fourth-order valence-electron chi connectivity index (χ4n) is 1.71. The van der Waals surface area contributed by atoms with Crippen LogP contribution in [0.2, 0.25) is 0 Å². The van der Waals surface area contributed by atoms with Crippen LogP contribution in [-0.2, 0) is 9.59 Å². The van der Waals surface area contributed by atoms with Crippen LogP contribution in [0, 0.1) is 11.8 Å². The molecule has 4 heteroatoms. The van der Waals surface area contributed by atoms with E-state index in [2.05, 4.69) is 5.32 Å². The highest BCUT2D eigenvalue weighted by Gasteiger charge is 2.29. The zero-order valence-corrected chi connectivity index (χ0v) is 7.75. The van der Waals surface area contributed by atoms with Crippen molar-refractivity contribution in [2.24, 2.45) is 11.8 Å². The van der Waals surface area contributed by atoms with Gasteiger partial charge in [-0.05, 0) is 18.8 Å². The minimum Gasteiger partial charge on any atom is -0.481 e. The molecule has 0 saturated carbocycles. The van der Waals surface area contributed by atoms with Gasteiger partial charge >= 0.3 is 5.97 Å². The molecule has 1 heterocycles. The summed E-state index contributed by atoms with van der Waals surface area (Å²) in [5.41, 5.74) is 0. The summed E-state index contributed by atoms with van der Waals surface area (Å²) in [6.07, 6.45) is 1.60. The molecule has 13 heavy (non-hydrogen) atoms. The molecule has 0 radical (unpaired) electrons. The zero-order valence-electron chi connectivity index (χ0n) is 7.75. The Morgan fingerprint density at radius 3 is 2.92 bits per heavy atom. The van der Waals surface area contributed by atoms with Crippen molar-refractivity contribution in [3.63, 3.8) is 0 Å². The smallest absolute Gasteiger partial charge is 0.303 e. The normalized spacial score (nSPS) is 24.1. The van der Waals surface area contributed by atoms with Gasteiger partial charge in [-0.3, -0.25) is 9.59 Å². The van der Waals surface area contributed by atoms with Gasteiger partial charge in [-0.15, -0.1) is 0 Å². The standard InChI is InChI=1S/C9H15NO3/c1-6(2-3-8(11)12)7-4-5-10-9(7)13/h6-7H,2-5H2,1H3,(H,10,13)(H,11,12). The lowest BCUT2D eigenvalue weighted by Gasteiger charge is -2.14. The molecule has 1 saturated heterocycles. The van der Waals surface area contributed by atoms with Crippen LogP contribution in [0.25, 0.3) is 0 Å². The van der Waals surface area contributed by atoms with Crippen molar-refractivity contribution in [1.82, 2.24) is 5.32 Å². The number of carboxylic acid groups (broad SMARTS) is 1. The van der Waals surface area contributed by atoms with Crippen molar-refractivity contribution >= 4 is 11.9 Å². The first kappa shape index (κ1) is 10.0. The largest absolute Gasteiger partial charge is 0.481 e. The maximum atomic E-state index is 11.2. The lowest BCUT2D eigenvalue weighted by molar-refractivity contribution is -0.137. The van der Waals surface area contributed by atoms with Crippen molar-refractivity contribution < 1.29 is 14.7 Å². The third-order valence-electron chi connectivity index (χ3n) is 2.59. The first-order valence-electron chi connectivity index (χ1n) is 4.60. The fraction of sp³-hybridized carbons (Fsp3) is 0.778. The molecule has 2 atom stereocenters. The Hall–Kier alpha value is -1.06. The molecule has 1 fully saturated rings. The summed E-state index contributed by atoms with van der Waals surface area (Å²) in [6, 6.07) is 0. The highest BCUT2D eigenvalue weighted by Crippen LogP contribution is 2.23. The molecule has 0 aromatic carbocycles. The Labute approximate surface area is 77.3 Å². The number of rotatable bonds is 4. The average molecular weight is 185 g/mol. The van der Waals surface area contributed by atoms with Gasteiger partial charge < -0.3 is 10.4 Å². The van der Waals surface area contributed by atoms with Gasteiger partial charge in [0.2, 0.25) is 5.91 Å². The highest BCUT2D eigenvalue weighted by atomic mass is 16.4. The van der Waals surface area contributed by atoms with Crippen molar-refractivity contribution in [3.8, 4) is 0 Å². The van der Waals surface area contributed by atoms with E-state index in [-0.39, 0.29) is 24.2 Å². The monoisotopic (exact) mass is 185 g/mol. The lowest BCUT2D eigenvalue weighted by atomic mass is 9.89. The maximum absolute atomic E-state index is 11.2. The predicted octanol–water partition coefficient (Wildman–Crippen LogP) is 0.623. The Morgan fingerprint density at radius 1 is 1.77 bits per heavy atom. The Morgan fingerprint density at radius 2 is 2.46 bits per heavy atom. The first-order chi connectivity index (χ1) is 6.11. The van der Waals surface area contributed by atoms with Gasteiger partial charge in [0.25, 0.3) is 0 Å². The summed E-state index contributed by atoms with van der Waals surface area (Å²) >= 11 is 0. The van der Waals surface area contributed by atoms with Crippen LogP contribution in [0.3, 0.4) is 0 Å². The predicted molar refractivity (Wildman–Crippen MR) is 47.2 cm³/mol. The molecule has 0 spiro atoms. The summed E-state index contributed by atoms with van der Waals surface area (Å²) < 4.78 is 0. The average Bonchev–Trinajstić information content (AvgIpc) is 2.47. The van der Waals surface area contributed by atoms with E-state index in [4.69, 9.17) is 5.11 Å². The van der Waals surface area contributed by atoms with Crippen LogP contribution >= 0.6 is 0 Å². The second-order valence-electron chi connectivity index (χ2n) is 3.60. The van der Waals surface area contributed by atoms with E-state index in [1.54, 1.807) is 0 Å². The molecule has 1 rings (SSSR count). The van der Waals surface area contributed by atoms with E-state index in [1.807, 2.05) is 6.92 Å². The first-order valence-corrected chi connectivity index (χ1v) is 4.60. The summed E-state index contributed by atoms with van der Waals surface area (Å²) in [7, 11) is 0. The minimum atomic E-state index is -0.787. The van der Waals surface area contributed by atoms with Gasteiger partial charge in [-0.25, -0.2) is 0 Å². The number of carbonyl (C=O) groups excluding carboxylic acids is 1. The van der Waals surface area contributed by atoms with E-state index in [1.165, 1.54) is 0 Å². The molecule has 2 unspecified atom stereocenters. The number of hydrogen-bond donors (Lipinski definition) is 2. The van der Waals surface area contributed by atoms with E-state index in [9.17, 15) is 9.59 Å². The number of amides is 1. The van der Waals surface area contributed by atoms with Gasteiger partial charge in [-0.1, -0.05) is 6.92 Å². The van der Waals surface area contributed by atoms with Crippen molar-refractivity contribution in [2.45, 2.75) is 26.2 Å². The number of nitrogens with one attached hydrogen (secondary N) is 1. The van der Waals surface area contributed by atoms with Crippen LogP contribution in [0.15, 0.2) is 0 Å². The van der Waals surface area contributed by atoms with Gasteiger partial charge in [0, 0.05) is 18.9 Å². The molecule has 74 valence electrons. The molecule has 0 aromatic rings. The molecule has 0 bridgehead atoms. The Bertz CT molecular complexity index is 215. The van der Waals surface area contributed by atoms with Crippen molar-refractivity contribution in [3.05, 3.63) is 0 Å². The molecule has 1 aliphatic rings. The second kappa shape index (κ2) is 4.25. The molecular formula is C9H15NO3. The maximum Gasteiger partial charge on any atom is 0.303 e. The van der Waals surface area contributed by atoms with Crippen LogP contribution in [0.5, 0.6) is 0 Å². The third-order valence-corrected chi connectivity index (χ3v) is 2.59. The van der Waals surface area contributed by atoms with E-state index < -0.39 is 5.97 Å². The quantitative estimate of drug-likeness (QED) is 0.674. The Balaban J connectivity index is 2.34. The lowest BCUT2D eigenvalue weighted by Crippen LogP contribution is -2.24. The topological polar surface area (TPSA) is 66.4 Å². The summed E-state index contributed by atoms with van der Waals surface area (Å²) in [5, 5.41) is 11.2. The molecule has 2 N–H and O–H groups in total. The van der Waals surface area contributed by atoms with Gasteiger partial charge in [0.05, 0.1) is 0 Å². The molecule has 1 aliphatic heterocycles. The Kier molecular flexibility index (Phi) is 3.28. The van der Waals surface area contributed by atoms with E-state index in [0.29, 0.717) is 6.42 Å². The van der Waals surface area contributed by atoms with Crippen LogP contribution in [0.1, 0.15) is 26.2 Å². The zero-order chi connectivity index (χ0) is 9.84. The fourth-order valence-corrected chi connectivity index (χ4v) is 1.71. The summed E-state index contributed by atoms with van der Waals surface area (Å²) in [4.78, 5) is 21.5. The molecular weight excluding hydrogens is 170 g/mol. The van der Waals surface area contributed by atoms with Crippen LogP contribution in [0.4, 0.5) is 0 Å². The van der Waals surface area contributed by atoms with Crippen molar-refractivity contribution in [1.29, 1.82) is 0 Å². The van der Waals surface area contributed by atoms with E-state index >= 15 is 0 Å². The molecule has 1 amide bonds. The summed E-state index contributed by atoms with van der Waals surface area (Å²) in [5.74, 6) is -0.499. The molecule has 0 aromatic heterocycles. The highest BCUT2D eigenvalue weighted by molar-refractivity contribution is 5.80. The number of carboxylic acids is 1. The second-order valence-corrected chi connectivity index (χ2v) is 3.60. The van der Waals surface area contributed by atoms with Crippen LogP contribution < -0.4 is 5.32 Å². The van der Waals surface area contributed by atoms with E-state index in [0.717, 1.165) is 13.0 Å². The van der Waals surface area contributed by atoms with Gasteiger partial charge in [-0.2, -0.15) is 0 Å². The summed E-state index contributed by atoms with van der Waals surface area (Å²) in [6.45, 7) is 2.68. The molecule has 0 aliphatic carbocycles. The number of carbonyl (C=O) groups is 2. The van der Waals surface area contributed by atoms with Gasteiger partial charge in [0.15, 0.2) is 0 Å².